The van der Waals surface area contributed by atoms with E-state index in [4.69, 9.17) is 4.74 Å². The Hall–Kier alpha value is -3.69. The number of halogens is 1. The number of carbonyl (C=O) groups is 1. The topological polar surface area (TPSA) is 83.5 Å². The molecule has 1 amide bonds. The van der Waals surface area contributed by atoms with E-state index in [-0.39, 0.29) is 23.9 Å². The fourth-order valence-corrected chi connectivity index (χ4v) is 5.84. The van der Waals surface area contributed by atoms with Crippen molar-refractivity contribution in [3.63, 3.8) is 0 Å². The van der Waals surface area contributed by atoms with Gasteiger partial charge in [-0.3, -0.25) is 14.4 Å². The summed E-state index contributed by atoms with van der Waals surface area (Å²) in [6.45, 7) is 11.0. The van der Waals surface area contributed by atoms with E-state index in [1.165, 1.54) is 18.1 Å². The van der Waals surface area contributed by atoms with Crippen LogP contribution in [0.3, 0.4) is 0 Å². The van der Waals surface area contributed by atoms with E-state index in [9.17, 15) is 4.79 Å². The molecule has 2 saturated heterocycles. The SMILES string of the molecule is Cc1cc(CC(=O)Nc2cnn(C(C)(C)C)c2)c(F)cc1OC1=C2C=C(CN3C[C@@H]4C[C@H]3CN4)C=CC2NC=C1. The van der Waals surface area contributed by atoms with Crippen LogP contribution < -0.4 is 20.7 Å². The number of dihydropyridines is 1. The van der Waals surface area contributed by atoms with Crippen LogP contribution in [0.15, 0.2) is 71.9 Å². The molecule has 4 heterocycles. The molecule has 210 valence electrons. The first kappa shape index (κ1) is 26.5. The number of benzene rings is 1. The number of ether oxygens (including phenoxy) is 1. The molecule has 8 nitrogen and oxygen atoms in total. The highest BCUT2D eigenvalue weighted by Gasteiger charge is 2.37. The van der Waals surface area contributed by atoms with Gasteiger partial charge in [-0.15, -0.1) is 0 Å². The van der Waals surface area contributed by atoms with Crippen molar-refractivity contribution in [2.45, 2.75) is 64.2 Å². The van der Waals surface area contributed by atoms with Crippen LogP contribution in [0, 0.1) is 12.7 Å². The normalized spacial score (nSPS) is 23.7. The van der Waals surface area contributed by atoms with Crippen LogP contribution in [-0.4, -0.2) is 58.3 Å². The van der Waals surface area contributed by atoms with E-state index in [1.807, 2.05) is 40.0 Å². The van der Waals surface area contributed by atoms with Gasteiger partial charge >= 0.3 is 0 Å². The average Bonchev–Trinajstić information content (AvgIpc) is 3.65. The van der Waals surface area contributed by atoms with Crippen molar-refractivity contribution in [1.29, 1.82) is 0 Å². The Bertz CT molecular complexity index is 1450. The summed E-state index contributed by atoms with van der Waals surface area (Å²) in [7, 11) is 0. The molecule has 2 aromatic rings. The van der Waals surface area contributed by atoms with Gasteiger partial charge in [-0.25, -0.2) is 4.39 Å². The molecule has 9 heteroatoms. The highest BCUT2D eigenvalue weighted by molar-refractivity contribution is 5.92. The lowest BCUT2D eigenvalue weighted by Crippen LogP contribution is -2.44. The second kappa shape index (κ2) is 10.4. The van der Waals surface area contributed by atoms with Gasteiger partial charge in [-0.2, -0.15) is 5.10 Å². The number of aryl methyl sites for hydroxylation is 1. The third-order valence-corrected chi connectivity index (χ3v) is 8.00. The third kappa shape index (κ3) is 5.48. The molecule has 3 N–H and O–H groups in total. The van der Waals surface area contributed by atoms with Crippen LogP contribution in [0.5, 0.6) is 5.75 Å². The zero-order valence-corrected chi connectivity index (χ0v) is 23.5. The monoisotopic (exact) mass is 544 g/mol. The largest absolute Gasteiger partial charge is 0.457 e. The summed E-state index contributed by atoms with van der Waals surface area (Å²) >= 11 is 0. The minimum absolute atomic E-state index is 0.0104. The van der Waals surface area contributed by atoms with Crippen molar-refractivity contribution in [3.8, 4) is 5.75 Å². The number of rotatable bonds is 7. The quantitative estimate of drug-likeness (QED) is 0.490. The van der Waals surface area contributed by atoms with E-state index in [2.05, 4.69) is 44.2 Å². The molecule has 1 aliphatic carbocycles. The molecule has 6 rings (SSSR count). The van der Waals surface area contributed by atoms with E-state index >= 15 is 4.39 Å². The van der Waals surface area contributed by atoms with Crippen molar-refractivity contribution < 1.29 is 13.9 Å². The molecule has 0 saturated carbocycles. The van der Waals surface area contributed by atoms with Crippen LogP contribution in [0.25, 0.3) is 0 Å². The number of amides is 1. The van der Waals surface area contributed by atoms with Crippen LogP contribution >= 0.6 is 0 Å². The molecule has 2 fully saturated rings. The van der Waals surface area contributed by atoms with Gasteiger partial charge in [0.15, 0.2) is 0 Å². The minimum Gasteiger partial charge on any atom is -0.457 e. The fourth-order valence-electron chi connectivity index (χ4n) is 5.84. The second-order valence-electron chi connectivity index (χ2n) is 12.2. The van der Waals surface area contributed by atoms with Crippen molar-refractivity contribution in [3.05, 3.63) is 88.9 Å². The smallest absolute Gasteiger partial charge is 0.228 e. The summed E-state index contributed by atoms with van der Waals surface area (Å²) < 4.78 is 23.3. The average molecular weight is 545 g/mol. The maximum Gasteiger partial charge on any atom is 0.228 e. The summed E-state index contributed by atoms with van der Waals surface area (Å²) in [5, 5.41) is 14.0. The molecule has 1 unspecified atom stereocenters. The summed E-state index contributed by atoms with van der Waals surface area (Å²) in [4.78, 5) is 15.2. The Morgan fingerprint density at radius 1 is 1.27 bits per heavy atom. The number of nitrogens with zero attached hydrogens (tertiary/aromatic N) is 3. The van der Waals surface area contributed by atoms with Crippen LogP contribution in [0.2, 0.25) is 0 Å². The number of hydrogen-bond donors (Lipinski definition) is 3. The van der Waals surface area contributed by atoms with Crippen molar-refractivity contribution in [2.24, 2.45) is 0 Å². The molecule has 1 aromatic carbocycles. The first-order valence-electron chi connectivity index (χ1n) is 14.0. The minimum atomic E-state index is -0.473. The van der Waals surface area contributed by atoms with Crippen molar-refractivity contribution >= 4 is 11.6 Å². The maximum absolute atomic E-state index is 15.2. The molecule has 3 aliphatic heterocycles. The number of hydrogen-bond acceptors (Lipinski definition) is 6. The molecular weight excluding hydrogens is 507 g/mol. The third-order valence-electron chi connectivity index (χ3n) is 8.00. The summed E-state index contributed by atoms with van der Waals surface area (Å²) in [5.74, 6) is 0.356. The van der Waals surface area contributed by atoms with Gasteiger partial charge in [-0.05, 0) is 69.0 Å². The van der Waals surface area contributed by atoms with Crippen molar-refractivity contribution in [2.75, 3.05) is 25.0 Å². The number of allylic oxidation sites excluding steroid dienone is 1. The number of anilines is 1. The zero-order valence-electron chi connectivity index (χ0n) is 23.5. The highest BCUT2D eigenvalue weighted by atomic mass is 19.1. The Morgan fingerprint density at radius 2 is 2.12 bits per heavy atom. The number of carbonyl (C=O) groups excluding carboxylic acids is 1. The van der Waals surface area contributed by atoms with E-state index in [0.717, 1.165) is 30.8 Å². The summed E-state index contributed by atoms with van der Waals surface area (Å²) in [6, 6.07) is 4.30. The number of piperazine rings is 1. The van der Waals surface area contributed by atoms with E-state index in [0.29, 0.717) is 34.8 Å². The number of nitrogens with one attached hydrogen (secondary N) is 3. The number of aromatic nitrogens is 2. The van der Waals surface area contributed by atoms with Gasteiger partial charge in [0, 0.05) is 55.8 Å². The maximum atomic E-state index is 15.2. The molecular formula is C31H37FN6O2. The van der Waals surface area contributed by atoms with Gasteiger partial charge in [0.1, 0.15) is 17.3 Å². The Labute approximate surface area is 234 Å². The zero-order chi connectivity index (χ0) is 28.0. The molecule has 1 aromatic heterocycles. The molecule has 4 aliphatic rings. The Kier molecular flexibility index (Phi) is 6.88. The van der Waals surface area contributed by atoms with E-state index < -0.39 is 5.82 Å². The molecule has 0 radical (unpaired) electrons. The lowest BCUT2D eigenvalue weighted by atomic mass is 9.94. The van der Waals surface area contributed by atoms with Gasteiger partial charge in [0.2, 0.25) is 5.91 Å². The molecule has 0 spiro atoms. The number of likely N-dealkylation sites (tertiary alicyclic amines) is 1. The summed E-state index contributed by atoms with van der Waals surface area (Å²) in [5.41, 5.74) is 3.74. The number of fused-ring (bicyclic) bond motifs is 3. The lowest BCUT2D eigenvalue weighted by Gasteiger charge is -2.30. The van der Waals surface area contributed by atoms with Crippen LogP contribution in [0.4, 0.5) is 10.1 Å². The van der Waals surface area contributed by atoms with E-state index in [1.54, 1.807) is 23.1 Å². The Balaban J connectivity index is 1.15. The molecule has 2 bridgehead atoms. The van der Waals surface area contributed by atoms with Gasteiger partial charge in [0.25, 0.3) is 0 Å². The second-order valence-corrected chi connectivity index (χ2v) is 12.2. The highest BCUT2D eigenvalue weighted by Crippen LogP contribution is 2.31. The van der Waals surface area contributed by atoms with Crippen molar-refractivity contribution in [1.82, 2.24) is 25.3 Å². The van der Waals surface area contributed by atoms with Crippen LogP contribution in [-0.2, 0) is 16.8 Å². The lowest BCUT2D eigenvalue weighted by molar-refractivity contribution is -0.115. The Morgan fingerprint density at radius 3 is 2.85 bits per heavy atom. The first-order valence-corrected chi connectivity index (χ1v) is 14.0. The predicted molar refractivity (Wildman–Crippen MR) is 153 cm³/mol. The van der Waals surface area contributed by atoms with Gasteiger partial charge in [0.05, 0.1) is 29.9 Å². The molecule has 3 atom stereocenters. The van der Waals surface area contributed by atoms with Gasteiger partial charge in [-0.1, -0.05) is 12.2 Å². The standard InChI is InChI=1S/C31H37FN6O2/c1-19-9-21(11-30(39)36-23-14-35-38(18-23)31(2,3)4)26(32)13-29(19)40-28-7-8-33-27-6-5-20(10-25(27)28)16-37-17-22-12-24(37)15-34-22/h5-10,13-14,18,22,24,27,33-34H,11-12,15-17H2,1-4H3,(H,36,39)/t22-,24-,27?/m0/s1. The predicted octanol–water partition coefficient (Wildman–Crippen LogP) is 3.93. The van der Waals surface area contributed by atoms with Crippen LogP contribution in [0.1, 0.15) is 38.3 Å². The first-order chi connectivity index (χ1) is 19.1. The molecule has 40 heavy (non-hydrogen) atoms. The summed E-state index contributed by atoms with van der Waals surface area (Å²) in [6.07, 6.45) is 14.8. The van der Waals surface area contributed by atoms with Gasteiger partial charge < -0.3 is 20.7 Å². The fraction of sp³-hybridized carbons (Fsp3) is 0.419.